The summed E-state index contributed by atoms with van der Waals surface area (Å²) in [5.41, 5.74) is 5.31. The van der Waals surface area contributed by atoms with Gasteiger partial charge in [-0.25, -0.2) is 0 Å². The van der Waals surface area contributed by atoms with E-state index in [4.69, 9.17) is 0 Å². The lowest BCUT2D eigenvalue weighted by atomic mass is 9.54. The molecule has 2 aromatic carbocycles. The Labute approximate surface area is 195 Å². The first-order valence-corrected chi connectivity index (χ1v) is 12.4. The van der Waals surface area contributed by atoms with E-state index in [1.54, 1.807) is 17.7 Å². The number of phenolic OH excluding ortho intramolecular Hbond substituents is 1. The molecule has 3 nitrogen and oxygen atoms in total. The molecule has 0 heterocycles. The van der Waals surface area contributed by atoms with Crippen LogP contribution in [0.4, 0.5) is 0 Å². The van der Waals surface area contributed by atoms with Gasteiger partial charge in [-0.3, -0.25) is 4.79 Å². The molecule has 2 N–H and O–H groups in total. The maximum absolute atomic E-state index is 13.0. The van der Waals surface area contributed by atoms with Gasteiger partial charge in [0.15, 0.2) is 5.78 Å². The van der Waals surface area contributed by atoms with Crippen LogP contribution < -0.4 is 0 Å². The Morgan fingerprint density at radius 3 is 2.45 bits per heavy atom. The lowest BCUT2D eigenvalue weighted by Crippen LogP contribution is -2.48. The Kier molecular flexibility index (Phi) is 4.71. The van der Waals surface area contributed by atoms with Crippen LogP contribution in [0.15, 0.2) is 77.4 Å². The van der Waals surface area contributed by atoms with Gasteiger partial charge in [-0.1, -0.05) is 55.0 Å². The summed E-state index contributed by atoms with van der Waals surface area (Å²) >= 11 is 0. The summed E-state index contributed by atoms with van der Waals surface area (Å²) in [6.07, 6.45) is 8.57. The Hall–Kier alpha value is -2.65. The van der Waals surface area contributed by atoms with Gasteiger partial charge in [-0.05, 0) is 97.3 Å². The minimum Gasteiger partial charge on any atom is -0.508 e. The van der Waals surface area contributed by atoms with Crippen LogP contribution in [0.3, 0.4) is 0 Å². The fourth-order valence-electron chi connectivity index (χ4n) is 7.73. The quantitative estimate of drug-likeness (QED) is 0.586. The molecular formula is C30H32O3. The summed E-state index contributed by atoms with van der Waals surface area (Å²) in [4.78, 5) is 13.0. The number of carbonyl (C=O) groups excluding carboxylic acids is 1. The monoisotopic (exact) mass is 440 g/mol. The molecule has 2 aromatic rings. The van der Waals surface area contributed by atoms with Crippen molar-refractivity contribution in [3.05, 3.63) is 88.5 Å². The van der Waals surface area contributed by atoms with E-state index >= 15 is 0 Å². The van der Waals surface area contributed by atoms with Crippen LogP contribution in [0.25, 0.3) is 0 Å². The topological polar surface area (TPSA) is 57.5 Å². The summed E-state index contributed by atoms with van der Waals surface area (Å²) in [5, 5.41) is 21.8. The molecule has 0 aliphatic heterocycles. The van der Waals surface area contributed by atoms with Crippen molar-refractivity contribution in [2.24, 2.45) is 17.3 Å². The minimum atomic E-state index is -0.854. The fraction of sp³-hybridized carbons (Fsp3) is 0.433. The Balaban J connectivity index is 1.36. The van der Waals surface area contributed by atoms with Gasteiger partial charge in [-0.15, -0.1) is 0 Å². The van der Waals surface area contributed by atoms with Gasteiger partial charge in [-0.2, -0.15) is 0 Å². The highest BCUT2D eigenvalue weighted by atomic mass is 16.3. The van der Waals surface area contributed by atoms with Crippen molar-refractivity contribution in [2.45, 2.75) is 63.4 Å². The maximum atomic E-state index is 13.0. The lowest BCUT2D eigenvalue weighted by Gasteiger charge is -2.52. The molecular weight excluding hydrogens is 408 g/mol. The number of ketones is 1. The van der Waals surface area contributed by atoms with Crippen molar-refractivity contribution >= 4 is 5.78 Å². The van der Waals surface area contributed by atoms with Crippen LogP contribution in [-0.4, -0.2) is 16.0 Å². The summed E-state index contributed by atoms with van der Waals surface area (Å²) in [5.74, 6) is 1.36. The number of hydrogen-bond donors (Lipinski definition) is 2. The van der Waals surface area contributed by atoms with Crippen LogP contribution in [-0.2, 0) is 10.4 Å². The number of phenols is 1. The molecule has 33 heavy (non-hydrogen) atoms. The second-order valence-electron chi connectivity index (χ2n) is 10.9. The largest absolute Gasteiger partial charge is 0.508 e. The zero-order chi connectivity index (χ0) is 22.8. The molecule has 1 unspecified atom stereocenters. The number of allylic oxidation sites excluding steroid dienone is 4. The Morgan fingerprint density at radius 2 is 1.70 bits per heavy atom. The number of aliphatic hydroxyl groups is 1. The van der Waals surface area contributed by atoms with Crippen LogP contribution in [0, 0.1) is 17.3 Å². The van der Waals surface area contributed by atoms with Gasteiger partial charge < -0.3 is 10.2 Å². The van der Waals surface area contributed by atoms with E-state index < -0.39 is 5.60 Å². The molecule has 4 aliphatic carbocycles. The molecule has 0 saturated heterocycles. The molecule has 0 bridgehead atoms. The normalized spacial score (nSPS) is 35.5. The highest BCUT2D eigenvalue weighted by molar-refractivity contribution is 5.98. The van der Waals surface area contributed by atoms with E-state index in [0.29, 0.717) is 11.8 Å². The molecule has 4 aliphatic rings. The van der Waals surface area contributed by atoms with E-state index in [2.05, 4.69) is 19.1 Å². The zero-order valence-electron chi connectivity index (χ0n) is 19.3. The molecule has 2 saturated carbocycles. The van der Waals surface area contributed by atoms with Crippen molar-refractivity contribution in [3.63, 3.8) is 0 Å². The molecule has 2 fully saturated rings. The van der Waals surface area contributed by atoms with Crippen molar-refractivity contribution in [1.29, 1.82) is 0 Å². The first-order valence-electron chi connectivity index (χ1n) is 12.4. The van der Waals surface area contributed by atoms with Crippen LogP contribution in [0.2, 0.25) is 0 Å². The molecule has 0 spiro atoms. The van der Waals surface area contributed by atoms with Gasteiger partial charge in [0.2, 0.25) is 0 Å². The van der Waals surface area contributed by atoms with Crippen molar-refractivity contribution in [3.8, 4) is 5.75 Å². The third-order valence-corrected chi connectivity index (χ3v) is 9.54. The third-order valence-electron chi connectivity index (χ3n) is 9.54. The van der Waals surface area contributed by atoms with Crippen molar-refractivity contribution in [1.82, 2.24) is 0 Å². The minimum absolute atomic E-state index is 0.0676. The molecule has 6 rings (SSSR count). The van der Waals surface area contributed by atoms with E-state index in [-0.39, 0.29) is 22.9 Å². The summed E-state index contributed by atoms with van der Waals surface area (Å²) < 4.78 is 0. The summed E-state index contributed by atoms with van der Waals surface area (Å²) in [6, 6.07) is 17.4. The number of rotatable bonds is 2. The standard InChI is InChI=1S/C30H32O3/c1-29-15-13-23-24(27(29)14-16-30(29,33)21-8-10-22(31)11-9-21)12-7-20-17-28(32)26(18-25(20)23)19-5-3-2-4-6-19/h2-6,8-11,17,24,26-27,31,33H,7,12-16,18H2,1H3/t24-,26?,27+,29+,30-/m1/s1. The molecule has 5 atom stereocenters. The Morgan fingerprint density at radius 1 is 0.939 bits per heavy atom. The first-order chi connectivity index (χ1) is 15.9. The maximum Gasteiger partial charge on any atom is 0.163 e. The van der Waals surface area contributed by atoms with E-state index in [1.807, 2.05) is 36.4 Å². The zero-order valence-corrected chi connectivity index (χ0v) is 19.3. The first kappa shape index (κ1) is 20.9. The van der Waals surface area contributed by atoms with E-state index in [9.17, 15) is 15.0 Å². The Bertz CT molecular complexity index is 1160. The number of hydrogen-bond acceptors (Lipinski definition) is 3. The number of aromatic hydroxyl groups is 1. The van der Waals surface area contributed by atoms with Crippen LogP contribution in [0.1, 0.15) is 68.9 Å². The third kappa shape index (κ3) is 3.01. The molecule has 0 amide bonds. The SMILES string of the molecule is C[C@]12CCC3=C4CC(c5ccccc5)C(=O)C=C4CC[C@H]3[C@@H]1CC[C@@]2(O)c1ccc(O)cc1. The predicted molar refractivity (Wildman–Crippen MR) is 129 cm³/mol. The highest BCUT2D eigenvalue weighted by Crippen LogP contribution is 2.66. The number of fused-ring (bicyclic) bond motifs is 4. The van der Waals surface area contributed by atoms with Gasteiger partial charge >= 0.3 is 0 Å². The van der Waals surface area contributed by atoms with E-state index in [0.717, 1.165) is 56.1 Å². The van der Waals surface area contributed by atoms with Crippen LogP contribution >= 0.6 is 0 Å². The number of benzene rings is 2. The van der Waals surface area contributed by atoms with Crippen molar-refractivity contribution in [2.75, 3.05) is 0 Å². The average Bonchev–Trinajstić information content (AvgIpc) is 3.11. The second-order valence-corrected chi connectivity index (χ2v) is 10.9. The smallest absolute Gasteiger partial charge is 0.163 e. The average molecular weight is 441 g/mol. The van der Waals surface area contributed by atoms with Gasteiger partial charge in [0.25, 0.3) is 0 Å². The highest BCUT2D eigenvalue weighted by Gasteiger charge is 2.61. The molecule has 0 aromatic heterocycles. The van der Waals surface area contributed by atoms with Crippen LogP contribution in [0.5, 0.6) is 5.75 Å². The summed E-state index contributed by atoms with van der Waals surface area (Å²) in [7, 11) is 0. The molecule has 0 radical (unpaired) electrons. The van der Waals surface area contributed by atoms with Gasteiger partial charge in [0, 0.05) is 5.41 Å². The van der Waals surface area contributed by atoms with Crippen molar-refractivity contribution < 1.29 is 15.0 Å². The van der Waals surface area contributed by atoms with Gasteiger partial charge in [0.1, 0.15) is 5.75 Å². The van der Waals surface area contributed by atoms with Gasteiger partial charge in [0.05, 0.1) is 11.5 Å². The lowest BCUT2D eigenvalue weighted by molar-refractivity contribution is -0.116. The summed E-state index contributed by atoms with van der Waals surface area (Å²) in [6.45, 7) is 2.29. The van der Waals surface area contributed by atoms with E-state index in [1.165, 1.54) is 11.1 Å². The molecule has 170 valence electrons. The molecule has 3 heteroatoms. The number of carbonyl (C=O) groups is 1. The fourth-order valence-corrected chi connectivity index (χ4v) is 7.73. The second kappa shape index (κ2) is 7.43. The predicted octanol–water partition coefficient (Wildman–Crippen LogP) is 6.18.